The van der Waals surface area contributed by atoms with Gasteiger partial charge in [0.25, 0.3) is 5.91 Å². The van der Waals surface area contributed by atoms with Gasteiger partial charge in [-0.3, -0.25) is 9.69 Å². The summed E-state index contributed by atoms with van der Waals surface area (Å²) in [5.41, 5.74) is 3.10. The van der Waals surface area contributed by atoms with Crippen LogP contribution in [0.2, 0.25) is 0 Å². The zero-order chi connectivity index (χ0) is 22.5. The molecule has 1 saturated heterocycles. The lowest BCUT2D eigenvalue weighted by Gasteiger charge is -2.36. The van der Waals surface area contributed by atoms with Crippen molar-refractivity contribution in [3.63, 3.8) is 0 Å². The quantitative estimate of drug-likeness (QED) is 0.465. The van der Waals surface area contributed by atoms with Gasteiger partial charge in [-0.1, -0.05) is 60.7 Å². The molecule has 0 aliphatic carbocycles. The van der Waals surface area contributed by atoms with Crippen LogP contribution in [0, 0.1) is 0 Å². The molecule has 2 aliphatic heterocycles. The molecule has 2 aliphatic rings. The second-order valence-corrected chi connectivity index (χ2v) is 8.46. The SMILES string of the molecule is Cl.O=C1/C(=C/c2ccccc2)Oc2ccccc2N1CCCN1CCN(c2ccccc2)CC1. The Morgan fingerprint density at radius 1 is 0.765 bits per heavy atom. The second-order valence-electron chi connectivity index (χ2n) is 8.46. The Morgan fingerprint density at radius 2 is 1.41 bits per heavy atom. The number of hydrogen-bond donors (Lipinski definition) is 0. The summed E-state index contributed by atoms with van der Waals surface area (Å²) >= 11 is 0. The lowest BCUT2D eigenvalue weighted by Crippen LogP contribution is -2.47. The number of ether oxygens (including phenoxy) is 1. The molecule has 0 aromatic heterocycles. The number of piperazine rings is 1. The Bertz CT molecular complexity index is 1110. The van der Waals surface area contributed by atoms with Gasteiger partial charge in [0.15, 0.2) is 11.5 Å². The molecule has 6 heteroatoms. The molecule has 3 aromatic carbocycles. The molecule has 3 aromatic rings. The van der Waals surface area contributed by atoms with Gasteiger partial charge in [-0.15, -0.1) is 12.4 Å². The number of benzene rings is 3. The number of rotatable bonds is 6. The van der Waals surface area contributed by atoms with Crippen molar-refractivity contribution < 1.29 is 9.53 Å². The fraction of sp³-hybridized carbons (Fsp3) is 0.250. The van der Waals surface area contributed by atoms with Crippen molar-refractivity contribution in [2.75, 3.05) is 49.1 Å². The van der Waals surface area contributed by atoms with Crippen LogP contribution < -0.4 is 14.5 Å². The minimum atomic E-state index is -0.0774. The molecule has 0 spiro atoms. The average molecular weight is 476 g/mol. The number of anilines is 2. The van der Waals surface area contributed by atoms with E-state index in [0.717, 1.165) is 56.1 Å². The van der Waals surface area contributed by atoms with Crippen LogP contribution >= 0.6 is 12.4 Å². The first-order chi connectivity index (χ1) is 16.3. The molecule has 1 fully saturated rings. The molecule has 0 bridgehead atoms. The van der Waals surface area contributed by atoms with Crippen molar-refractivity contribution in [1.29, 1.82) is 0 Å². The van der Waals surface area contributed by atoms with E-state index in [1.807, 2.05) is 65.6 Å². The summed E-state index contributed by atoms with van der Waals surface area (Å²) in [6.07, 6.45) is 2.75. The predicted molar refractivity (Wildman–Crippen MR) is 141 cm³/mol. The highest BCUT2D eigenvalue weighted by Gasteiger charge is 2.30. The molecule has 5 nitrogen and oxygen atoms in total. The number of hydrogen-bond acceptors (Lipinski definition) is 4. The van der Waals surface area contributed by atoms with E-state index < -0.39 is 0 Å². The predicted octanol–water partition coefficient (Wildman–Crippen LogP) is 5.09. The molecule has 5 rings (SSSR count). The highest BCUT2D eigenvalue weighted by atomic mass is 35.5. The van der Waals surface area contributed by atoms with Crippen LogP contribution in [-0.2, 0) is 4.79 Å². The molecule has 0 N–H and O–H groups in total. The Hall–Kier alpha value is -3.28. The third-order valence-corrected chi connectivity index (χ3v) is 6.28. The van der Waals surface area contributed by atoms with Gasteiger partial charge in [0.2, 0.25) is 0 Å². The smallest absolute Gasteiger partial charge is 0.294 e. The maximum Gasteiger partial charge on any atom is 0.294 e. The second kappa shape index (κ2) is 11.2. The van der Waals surface area contributed by atoms with E-state index in [1.165, 1.54) is 5.69 Å². The zero-order valence-corrected chi connectivity index (χ0v) is 20.0. The fourth-order valence-electron chi connectivity index (χ4n) is 4.51. The standard InChI is InChI=1S/C28H29N3O2.ClH/c32-28-27(22-23-10-3-1-4-11-23)33-26-15-8-7-14-25(26)31(28)17-9-16-29-18-20-30(21-19-29)24-12-5-2-6-13-24;/h1-8,10-15,22H,9,16-21H2;1H/b27-22-;. The van der Waals surface area contributed by atoms with Crippen LogP contribution in [0.5, 0.6) is 5.75 Å². The van der Waals surface area contributed by atoms with Crippen molar-refractivity contribution >= 4 is 35.8 Å². The van der Waals surface area contributed by atoms with Gasteiger partial charge in [0.1, 0.15) is 0 Å². The molecule has 1 amide bonds. The summed E-state index contributed by atoms with van der Waals surface area (Å²) in [4.78, 5) is 20.1. The number of para-hydroxylation sites is 3. The third kappa shape index (κ3) is 5.44. The van der Waals surface area contributed by atoms with Crippen LogP contribution in [0.15, 0.2) is 90.7 Å². The molecule has 0 unspecified atom stereocenters. The van der Waals surface area contributed by atoms with Crippen LogP contribution in [-0.4, -0.2) is 50.1 Å². The Morgan fingerprint density at radius 3 is 2.15 bits per heavy atom. The maximum atomic E-state index is 13.3. The lowest BCUT2D eigenvalue weighted by atomic mass is 10.1. The molecule has 0 atom stereocenters. The summed E-state index contributed by atoms with van der Waals surface area (Å²) in [6.45, 7) is 5.81. The molecular weight excluding hydrogens is 446 g/mol. The van der Waals surface area contributed by atoms with Gasteiger partial charge >= 0.3 is 0 Å². The van der Waals surface area contributed by atoms with Crippen LogP contribution in [0.1, 0.15) is 12.0 Å². The van der Waals surface area contributed by atoms with Gasteiger partial charge in [-0.2, -0.15) is 0 Å². The van der Waals surface area contributed by atoms with Gasteiger partial charge < -0.3 is 14.5 Å². The number of fused-ring (bicyclic) bond motifs is 1. The average Bonchev–Trinajstić information content (AvgIpc) is 2.88. The highest BCUT2D eigenvalue weighted by Crippen LogP contribution is 2.35. The van der Waals surface area contributed by atoms with E-state index in [0.29, 0.717) is 12.3 Å². The molecule has 176 valence electrons. The topological polar surface area (TPSA) is 36.0 Å². The number of carbonyl (C=O) groups excluding carboxylic acids is 1. The van der Waals surface area contributed by atoms with Crippen LogP contribution in [0.4, 0.5) is 11.4 Å². The largest absolute Gasteiger partial charge is 0.449 e. The summed E-state index contributed by atoms with van der Waals surface area (Å²) < 4.78 is 5.98. The first-order valence-corrected chi connectivity index (χ1v) is 11.7. The zero-order valence-electron chi connectivity index (χ0n) is 19.2. The monoisotopic (exact) mass is 475 g/mol. The number of carbonyl (C=O) groups is 1. The fourth-order valence-corrected chi connectivity index (χ4v) is 4.51. The summed E-state index contributed by atoms with van der Waals surface area (Å²) in [5.74, 6) is 1.03. The molecular formula is C28H30ClN3O2. The van der Waals surface area contributed by atoms with E-state index in [1.54, 1.807) is 0 Å². The van der Waals surface area contributed by atoms with Gasteiger partial charge in [-0.05, 0) is 48.9 Å². The van der Waals surface area contributed by atoms with Crippen molar-refractivity contribution in [3.8, 4) is 5.75 Å². The first kappa shape index (κ1) is 23.9. The van der Waals surface area contributed by atoms with Crippen molar-refractivity contribution in [3.05, 3.63) is 96.3 Å². The molecule has 0 radical (unpaired) electrons. The van der Waals surface area contributed by atoms with E-state index in [2.05, 4.69) is 40.1 Å². The summed E-state index contributed by atoms with van der Waals surface area (Å²) in [7, 11) is 0. The summed E-state index contributed by atoms with van der Waals surface area (Å²) in [6, 6.07) is 28.2. The summed E-state index contributed by atoms with van der Waals surface area (Å²) in [5, 5.41) is 0. The Labute approximate surface area is 207 Å². The van der Waals surface area contributed by atoms with E-state index >= 15 is 0 Å². The van der Waals surface area contributed by atoms with Crippen LogP contribution in [0.25, 0.3) is 6.08 Å². The minimum Gasteiger partial charge on any atom is -0.449 e. The van der Waals surface area contributed by atoms with Gasteiger partial charge in [0, 0.05) is 38.4 Å². The Kier molecular flexibility index (Phi) is 7.88. The first-order valence-electron chi connectivity index (χ1n) is 11.7. The van der Waals surface area contributed by atoms with Crippen LogP contribution in [0.3, 0.4) is 0 Å². The van der Waals surface area contributed by atoms with Crippen molar-refractivity contribution in [2.24, 2.45) is 0 Å². The van der Waals surface area contributed by atoms with Gasteiger partial charge in [0.05, 0.1) is 5.69 Å². The van der Waals surface area contributed by atoms with E-state index in [4.69, 9.17) is 4.74 Å². The molecule has 34 heavy (non-hydrogen) atoms. The number of nitrogens with zero attached hydrogens (tertiary/aromatic N) is 3. The van der Waals surface area contributed by atoms with Gasteiger partial charge in [-0.25, -0.2) is 0 Å². The lowest BCUT2D eigenvalue weighted by molar-refractivity contribution is -0.117. The van der Waals surface area contributed by atoms with E-state index in [-0.39, 0.29) is 18.3 Å². The van der Waals surface area contributed by atoms with E-state index in [9.17, 15) is 4.79 Å². The number of halogens is 1. The molecule has 2 heterocycles. The normalized spacial score (nSPS) is 17.2. The number of amides is 1. The Balaban J connectivity index is 0.00000274. The third-order valence-electron chi connectivity index (χ3n) is 6.28. The van der Waals surface area contributed by atoms with Crippen molar-refractivity contribution in [2.45, 2.75) is 6.42 Å². The minimum absolute atomic E-state index is 0. The maximum absolute atomic E-state index is 13.3. The van der Waals surface area contributed by atoms with Crippen molar-refractivity contribution in [1.82, 2.24) is 4.90 Å². The highest BCUT2D eigenvalue weighted by molar-refractivity contribution is 6.09. The molecule has 0 saturated carbocycles.